The van der Waals surface area contributed by atoms with Crippen molar-refractivity contribution in [3.63, 3.8) is 0 Å². The Kier molecular flexibility index (Phi) is 5.96. The zero-order valence-electron chi connectivity index (χ0n) is 19.1. The SMILES string of the molecule is CNc1cncc(-c2cc3cc(NC(=O)c4ccnc(N5CCN(C)CC5)c4)ncc3cn2)n1. The Morgan fingerprint density at radius 1 is 0.882 bits per heavy atom. The van der Waals surface area contributed by atoms with Gasteiger partial charge in [0.2, 0.25) is 0 Å². The lowest BCUT2D eigenvalue weighted by molar-refractivity contribution is 0.102. The highest BCUT2D eigenvalue weighted by atomic mass is 16.1. The Balaban J connectivity index is 1.36. The molecule has 0 aliphatic carbocycles. The third-order valence-electron chi connectivity index (χ3n) is 5.83. The molecule has 2 N–H and O–H groups in total. The molecule has 1 aliphatic rings. The summed E-state index contributed by atoms with van der Waals surface area (Å²) in [7, 11) is 3.90. The minimum absolute atomic E-state index is 0.230. The minimum atomic E-state index is -0.230. The zero-order valence-corrected chi connectivity index (χ0v) is 19.1. The van der Waals surface area contributed by atoms with Gasteiger partial charge in [0.15, 0.2) is 0 Å². The van der Waals surface area contributed by atoms with E-state index in [1.165, 1.54) is 0 Å². The van der Waals surface area contributed by atoms with E-state index in [1.54, 1.807) is 44.1 Å². The van der Waals surface area contributed by atoms with Gasteiger partial charge in [0.25, 0.3) is 5.91 Å². The fourth-order valence-electron chi connectivity index (χ4n) is 3.81. The second kappa shape index (κ2) is 9.36. The maximum Gasteiger partial charge on any atom is 0.257 e. The number of rotatable bonds is 5. The molecule has 4 aromatic rings. The van der Waals surface area contributed by atoms with Gasteiger partial charge in [-0.05, 0) is 36.7 Å². The van der Waals surface area contributed by atoms with Crippen LogP contribution in [0.25, 0.3) is 22.2 Å². The van der Waals surface area contributed by atoms with Gasteiger partial charge >= 0.3 is 0 Å². The second-order valence-electron chi connectivity index (χ2n) is 8.17. The molecule has 0 atom stereocenters. The quantitative estimate of drug-likeness (QED) is 0.469. The first-order valence-corrected chi connectivity index (χ1v) is 11.1. The smallest absolute Gasteiger partial charge is 0.257 e. The molecule has 0 saturated carbocycles. The van der Waals surface area contributed by atoms with Gasteiger partial charge in [-0.25, -0.2) is 15.0 Å². The van der Waals surface area contributed by atoms with E-state index in [2.05, 4.69) is 52.4 Å². The fraction of sp³-hybridized carbons (Fsp3) is 0.250. The lowest BCUT2D eigenvalue weighted by Gasteiger charge is -2.33. The average molecular weight is 456 g/mol. The first-order chi connectivity index (χ1) is 16.6. The zero-order chi connectivity index (χ0) is 23.5. The fourth-order valence-corrected chi connectivity index (χ4v) is 3.81. The van der Waals surface area contributed by atoms with Gasteiger partial charge in [-0.1, -0.05) is 0 Å². The van der Waals surface area contributed by atoms with Crippen LogP contribution in [-0.2, 0) is 0 Å². The van der Waals surface area contributed by atoms with Crippen LogP contribution in [0.3, 0.4) is 0 Å². The second-order valence-corrected chi connectivity index (χ2v) is 8.17. The van der Waals surface area contributed by atoms with Crippen molar-refractivity contribution in [1.29, 1.82) is 0 Å². The maximum absolute atomic E-state index is 13.0. The van der Waals surface area contributed by atoms with Crippen molar-refractivity contribution in [2.24, 2.45) is 0 Å². The summed E-state index contributed by atoms with van der Waals surface area (Å²) in [6.45, 7) is 3.72. The number of nitrogens with one attached hydrogen (secondary N) is 2. The molecule has 10 nitrogen and oxygen atoms in total. The van der Waals surface area contributed by atoms with E-state index < -0.39 is 0 Å². The summed E-state index contributed by atoms with van der Waals surface area (Å²) in [5, 5.41) is 7.63. The van der Waals surface area contributed by atoms with Gasteiger partial charge in [0.05, 0.1) is 18.1 Å². The van der Waals surface area contributed by atoms with Crippen LogP contribution in [0, 0.1) is 0 Å². The first kappa shape index (κ1) is 21.7. The Bertz CT molecular complexity index is 1340. The van der Waals surface area contributed by atoms with Crippen molar-refractivity contribution in [2.75, 3.05) is 55.8 Å². The van der Waals surface area contributed by atoms with Gasteiger partial charge in [0, 0.05) is 62.8 Å². The molecule has 0 spiro atoms. The number of hydrogen-bond acceptors (Lipinski definition) is 9. The summed E-state index contributed by atoms with van der Waals surface area (Å²) in [4.78, 5) is 39.4. The molecule has 1 amide bonds. The minimum Gasteiger partial charge on any atom is -0.372 e. The van der Waals surface area contributed by atoms with E-state index in [4.69, 9.17) is 0 Å². The van der Waals surface area contributed by atoms with Crippen LogP contribution in [0.4, 0.5) is 17.5 Å². The van der Waals surface area contributed by atoms with Crippen LogP contribution in [0.15, 0.2) is 55.2 Å². The van der Waals surface area contributed by atoms with Crippen LogP contribution < -0.4 is 15.5 Å². The lowest BCUT2D eigenvalue weighted by Crippen LogP contribution is -2.44. The number of aromatic nitrogens is 5. The number of hydrogen-bond donors (Lipinski definition) is 2. The summed E-state index contributed by atoms with van der Waals surface area (Å²) >= 11 is 0. The molecule has 5 heterocycles. The van der Waals surface area contributed by atoms with E-state index in [-0.39, 0.29) is 5.91 Å². The van der Waals surface area contributed by atoms with Crippen molar-refractivity contribution in [3.8, 4) is 11.4 Å². The standard InChI is InChI=1S/C24H25N9O/c1-25-22-15-26-14-20(30-22)19-9-17-10-21(29-13-18(17)12-28-19)31-24(34)16-3-4-27-23(11-16)33-7-5-32(2)6-8-33/h3-4,9-15H,5-8H2,1-2H3,(H,25,30)(H,29,31,34). The molecule has 10 heteroatoms. The number of fused-ring (bicyclic) bond motifs is 1. The van der Waals surface area contributed by atoms with Crippen LogP contribution in [0.1, 0.15) is 10.4 Å². The van der Waals surface area contributed by atoms with Crippen molar-refractivity contribution in [2.45, 2.75) is 0 Å². The summed E-state index contributed by atoms with van der Waals surface area (Å²) in [5.41, 5.74) is 1.89. The molecular weight excluding hydrogens is 430 g/mol. The van der Waals surface area contributed by atoms with E-state index in [9.17, 15) is 4.79 Å². The van der Waals surface area contributed by atoms with E-state index >= 15 is 0 Å². The highest BCUT2D eigenvalue weighted by molar-refractivity contribution is 6.05. The molecule has 0 radical (unpaired) electrons. The Morgan fingerprint density at radius 2 is 1.71 bits per heavy atom. The van der Waals surface area contributed by atoms with Gasteiger partial charge in [-0.2, -0.15) is 0 Å². The number of carbonyl (C=O) groups excluding carboxylic acids is 1. The Labute approximate surface area is 197 Å². The number of amides is 1. The molecule has 1 fully saturated rings. The van der Waals surface area contributed by atoms with E-state index in [0.29, 0.717) is 28.6 Å². The topological polar surface area (TPSA) is 112 Å². The summed E-state index contributed by atoms with van der Waals surface area (Å²) < 4.78 is 0. The molecule has 0 unspecified atom stereocenters. The van der Waals surface area contributed by atoms with Crippen molar-refractivity contribution < 1.29 is 4.79 Å². The highest BCUT2D eigenvalue weighted by Crippen LogP contribution is 2.23. The van der Waals surface area contributed by atoms with Gasteiger partial charge in [0.1, 0.15) is 23.1 Å². The molecule has 34 heavy (non-hydrogen) atoms. The van der Waals surface area contributed by atoms with E-state index in [0.717, 1.165) is 42.8 Å². The molecule has 0 bridgehead atoms. The summed E-state index contributed by atoms with van der Waals surface area (Å²) in [6, 6.07) is 7.28. The molecule has 172 valence electrons. The van der Waals surface area contributed by atoms with Gasteiger partial charge in [-0.15, -0.1) is 0 Å². The molecular formula is C24H25N9O. The van der Waals surface area contributed by atoms with E-state index in [1.807, 2.05) is 18.2 Å². The predicted octanol–water partition coefficient (Wildman–Crippen LogP) is 2.53. The average Bonchev–Trinajstić information content (AvgIpc) is 2.89. The summed E-state index contributed by atoms with van der Waals surface area (Å²) in [5.74, 6) is 1.71. The number of anilines is 3. The Hall–Kier alpha value is -4.18. The molecule has 0 aromatic carbocycles. The van der Waals surface area contributed by atoms with Crippen molar-refractivity contribution >= 4 is 34.1 Å². The van der Waals surface area contributed by atoms with Gasteiger partial charge in [-0.3, -0.25) is 14.8 Å². The number of pyridine rings is 3. The Morgan fingerprint density at radius 3 is 2.53 bits per heavy atom. The first-order valence-electron chi connectivity index (χ1n) is 11.1. The largest absolute Gasteiger partial charge is 0.372 e. The normalized spacial score (nSPS) is 14.2. The maximum atomic E-state index is 13.0. The van der Waals surface area contributed by atoms with Crippen LogP contribution in [0.2, 0.25) is 0 Å². The molecule has 1 aliphatic heterocycles. The molecule has 5 rings (SSSR count). The predicted molar refractivity (Wildman–Crippen MR) is 132 cm³/mol. The monoisotopic (exact) mass is 455 g/mol. The number of carbonyl (C=O) groups is 1. The van der Waals surface area contributed by atoms with Gasteiger partial charge < -0.3 is 20.4 Å². The summed E-state index contributed by atoms with van der Waals surface area (Å²) in [6.07, 6.45) is 8.42. The third kappa shape index (κ3) is 4.62. The lowest BCUT2D eigenvalue weighted by atomic mass is 10.1. The van der Waals surface area contributed by atoms with Crippen LogP contribution >= 0.6 is 0 Å². The van der Waals surface area contributed by atoms with Crippen molar-refractivity contribution in [1.82, 2.24) is 29.8 Å². The van der Waals surface area contributed by atoms with Crippen LogP contribution in [-0.4, -0.2) is 76.0 Å². The third-order valence-corrected chi connectivity index (χ3v) is 5.83. The highest BCUT2D eigenvalue weighted by Gasteiger charge is 2.17. The van der Waals surface area contributed by atoms with Crippen molar-refractivity contribution in [3.05, 3.63) is 60.8 Å². The number of nitrogens with zero attached hydrogens (tertiary/aromatic N) is 7. The molecule has 4 aromatic heterocycles. The van der Waals surface area contributed by atoms with Crippen LogP contribution in [0.5, 0.6) is 0 Å². The number of likely N-dealkylation sites (N-methyl/N-ethyl adjacent to an activating group) is 1. The number of piperazine rings is 1. The molecule has 1 saturated heterocycles.